The predicted molar refractivity (Wildman–Crippen MR) is 106 cm³/mol. The molecule has 0 spiro atoms. The third-order valence-electron chi connectivity index (χ3n) is 5.38. The van der Waals surface area contributed by atoms with Gasteiger partial charge in [0.15, 0.2) is 0 Å². The minimum Gasteiger partial charge on any atom is -0.395 e. The zero-order valence-electron chi connectivity index (χ0n) is 16.6. The van der Waals surface area contributed by atoms with E-state index in [9.17, 15) is 18.3 Å². The highest BCUT2D eigenvalue weighted by atomic mass is 32.2. The van der Waals surface area contributed by atoms with Crippen molar-refractivity contribution >= 4 is 15.9 Å². The maximum Gasteiger partial charge on any atom is 0.243 e. The number of carbonyl (C=O) groups is 1. The first-order valence-electron chi connectivity index (χ1n) is 9.78. The molecule has 0 radical (unpaired) electrons. The van der Waals surface area contributed by atoms with Gasteiger partial charge in [-0.15, -0.1) is 0 Å². The van der Waals surface area contributed by atoms with Gasteiger partial charge >= 0.3 is 0 Å². The number of aliphatic hydroxyl groups excluding tert-OH is 1. The number of nitrogens with zero attached hydrogens (tertiary/aromatic N) is 2. The van der Waals surface area contributed by atoms with Crippen LogP contribution in [0.4, 0.5) is 0 Å². The predicted octanol–water partition coefficient (Wildman–Crippen LogP) is 2.33. The molecule has 2 rings (SSSR count). The SMILES string of the molecule is CCCCN(CCO)C(=O)C1CCN(S(=O)(=O)c2ccc(C)c(C)c2)CC1. The van der Waals surface area contributed by atoms with Crippen molar-refractivity contribution < 1.29 is 18.3 Å². The average Bonchev–Trinajstić information content (AvgIpc) is 2.66. The van der Waals surface area contributed by atoms with E-state index in [2.05, 4.69) is 6.92 Å². The highest BCUT2D eigenvalue weighted by Crippen LogP contribution is 2.26. The normalized spacial score (nSPS) is 16.4. The number of benzene rings is 1. The summed E-state index contributed by atoms with van der Waals surface area (Å²) in [6.45, 7) is 7.59. The number of rotatable bonds is 8. The number of hydrogen-bond acceptors (Lipinski definition) is 4. The van der Waals surface area contributed by atoms with E-state index >= 15 is 0 Å². The summed E-state index contributed by atoms with van der Waals surface area (Å²) >= 11 is 0. The molecule has 0 aromatic heterocycles. The molecule has 27 heavy (non-hydrogen) atoms. The number of sulfonamides is 1. The van der Waals surface area contributed by atoms with Crippen LogP contribution in [0.1, 0.15) is 43.7 Å². The van der Waals surface area contributed by atoms with E-state index in [1.165, 1.54) is 4.31 Å². The Labute approximate surface area is 163 Å². The van der Waals surface area contributed by atoms with Crippen LogP contribution >= 0.6 is 0 Å². The number of carbonyl (C=O) groups excluding carboxylic acids is 1. The van der Waals surface area contributed by atoms with Gasteiger partial charge in [0, 0.05) is 32.1 Å². The second-order valence-electron chi connectivity index (χ2n) is 7.33. The highest BCUT2D eigenvalue weighted by Gasteiger charge is 2.33. The molecule has 0 unspecified atom stereocenters. The number of piperidine rings is 1. The van der Waals surface area contributed by atoms with Crippen LogP contribution in [0, 0.1) is 19.8 Å². The Morgan fingerprint density at radius 2 is 1.85 bits per heavy atom. The van der Waals surface area contributed by atoms with Crippen molar-refractivity contribution in [1.29, 1.82) is 0 Å². The lowest BCUT2D eigenvalue weighted by Crippen LogP contribution is -2.45. The molecule has 1 aromatic carbocycles. The van der Waals surface area contributed by atoms with E-state index < -0.39 is 10.0 Å². The second kappa shape index (κ2) is 9.66. The van der Waals surface area contributed by atoms with Crippen LogP contribution in [0.2, 0.25) is 0 Å². The van der Waals surface area contributed by atoms with Gasteiger partial charge in [-0.25, -0.2) is 8.42 Å². The first kappa shape index (κ1) is 21.9. The number of amides is 1. The molecule has 6 nitrogen and oxygen atoms in total. The highest BCUT2D eigenvalue weighted by molar-refractivity contribution is 7.89. The van der Waals surface area contributed by atoms with Crippen molar-refractivity contribution in [3.63, 3.8) is 0 Å². The summed E-state index contributed by atoms with van der Waals surface area (Å²) in [5, 5.41) is 9.22. The lowest BCUT2D eigenvalue weighted by atomic mass is 9.96. The Balaban J connectivity index is 2.02. The van der Waals surface area contributed by atoms with Crippen LogP contribution < -0.4 is 0 Å². The molecule has 1 aromatic rings. The van der Waals surface area contributed by atoms with Crippen LogP contribution in [0.5, 0.6) is 0 Å². The molecule has 1 aliphatic rings. The Kier molecular flexibility index (Phi) is 7.82. The minimum atomic E-state index is -3.53. The molecule has 1 saturated heterocycles. The number of aryl methyl sites for hydroxylation is 2. The van der Waals surface area contributed by atoms with Gasteiger partial charge in [0.05, 0.1) is 11.5 Å². The summed E-state index contributed by atoms with van der Waals surface area (Å²) in [7, 11) is -3.53. The standard InChI is InChI=1S/C20H32N2O4S/c1-4-5-10-21(13-14-23)20(24)18-8-11-22(12-9-18)27(25,26)19-7-6-16(2)17(3)15-19/h6-7,15,18,23H,4-5,8-14H2,1-3H3. The fourth-order valence-corrected chi connectivity index (χ4v) is 4.98. The van der Waals surface area contributed by atoms with Crippen LogP contribution in [-0.2, 0) is 14.8 Å². The molecule has 1 N–H and O–H groups in total. The number of aliphatic hydroxyl groups is 1. The molecule has 152 valence electrons. The summed E-state index contributed by atoms with van der Waals surface area (Å²) in [6, 6.07) is 5.21. The summed E-state index contributed by atoms with van der Waals surface area (Å²) in [5.74, 6) is -0.125. The summed E-state index contributed by atoms with van der Waals surface area (Å²) < 4.78 is 27.3. The molecular weight excluding hydrogens is 364 g/mol. The first-order valence-corrected chi connectivity index (χ1v) is 11.2. The van der Waals surface area contributed by atoms with E-state index in [1.807, 2.05) is 19.9 Å². The topological polar surface area (TPSA) is 77.9 Å². The average molecular weight is 397 g/mol. The van der Waals surface area contributed by atoms with Crippen molar-refractivity contribution in [1.82, 2.24) is 9.21 Å². The Morgan fingerprint density at radius 3 is 2.41 bits per heavy atom. The third-order valence-corrected chi connectivity index (χ3v) is 7.28. The van der Waals surface area contributed by atoms with Crippen molar-refractivity contribution in [3.05, 3.63) is 29.3 Å². The van der Waals surface area contributed by atoms with Crippen LogP contribution in [-0.4, -0.2) is 61.4 Å². The van der Waals surface area contributed by atoms with Crippen molar-refractivity contribution in [2.45, 2.75) is 51.3 Å². The van der Waals surface area contributed by atoms with Gasteiger partial charge < -0.3 is 10.0 Å². The molecule has 0 bridgehead atoms. The van der Waals surface area contributed by atoms with Gasteiger partial charge in [-0.2, -0.15) is 4.31 Å². The molecule has 1 aliphatic heterocycles. The molecule has 0 atom stereocenters. The van der Waals surface area contributed by atoms with Crippen molar-refractivity contribution in [2.75, 3.05) is 32.8 Å². The van der Waals surface area contributed by atoms with Gasteiger partial charge in [-0.1, -0.05) is 19.4 Å². The van der Waals surface area contributed by atoms with Gasteiger partial charge in [0.2, 0.25) is 15.9 Å². The van der Waals surface area contributed by atoms with E-state index in [4.69, 9.17) is 0 Å². The summed E-state index contributed by atoms with van der Waals surface area (Å²) in [5.41, 5.74) is 2.02. The summed E-state index contributed by atoms with van der Waals surface area (Å²) in [4.78, 5) is 14.8. The van der Waals surface area contributed by atoms with Gasteiger partial charge in [-0.05, 0) is 56.4 Å². The molecular formula is C20H32N2O4S. The fraction of sp³-hybridized carbons (Fsp3) is 0.650. The van der Waals surface area contributed by atoms with Gasteiger partial charge in [0.1, 0.15) is 0 Å². The third kappa shape index (κ3) is 5.30. The zero-order chi connectivity index (χ0) is 20.0. The van der Waals surface area contributed by atoms with E-state index in [0.717, 1.165) is 24.0 Å². The monoisotopic (exact) mass is 396 g/mol. The number of unbranched alkanes of at least 4 members (excludes halogenated alkanes) is 1. The van der Waals surface area contributed by atoms with Crippen LogP contribution in [0.25, 0.3) is 0 Å². The Morgan fingerprint density at radius 1 is 1.19 bits per heavy atom. The van der Waals surface area contributed by atoms with Gasteiger partial charge in [0.25, 0.3) is 0 Å². The van der Waals surface area contributed by atoms with E-state index in [1.54, 1.807) is 17.0 Å². The van der Waals surface area contributed by atoms with E-state index in [-0.39, 0.29) is 18.4 Å². The van der Waals surface area contributed by atoms with Crippen LogP contribution in [0.15, 0.2) is 23.1 Å². The maximum atomic E-state index is 12.9. The maximum absolute atomic E-state index is 12.9. The Bertz CT molecular complexity index is 740. The summed E-state index contributed by atoms with van der Waals surface area (Å²) in [6.07, 6.45) is 2.95. The Hall–Kier alpha value is -1.44. The minimum absolute atomic E-state index is 0.0423. The molecule has 1 heterocycles. The fourth-order valence-electron chi connectivity index (χ4n) is 3.43. The lowest BCUT2D eigenvalue weighted by molar-refractivity contribution is -0.137. The molecule has 1 amide bonds. The second-order valence-corrected chi connectivity index (χ2v) is 9.26. The first-order chi connectivity index (χ1) is 12.8. The van der Waals surface area contributed by atoms with Crippen molar-refractivity contribution in [3.8, 4) is 0 Å². The van der Waals surface area contributed by atoms with Gasteiger partial charge in [-0.3, -0.25) is 4.79 Å². The molecule has 7 heteroatoms. The number of hydrogen-bond donors (Lipinski definition) is 1. The zero-order valence-corrected chi connectivity index (χ0v) is 17.5. The van der Waals surface area contributed by atoms with E-state index in [0.29, 0.717) is 43.9 Å². The molecule has 0 saturated carbocycles. The molecule has 0 aliphatic carbocycles. The smallest absolute Gasteiger partial charge is 0.243 e. The lowest BCUT2D eigenvalue weighted by Gasteiger charge is -2.33. The van der Waals surface area contributed by atoms with Crippen LogP contribution in [0.3, 0.4) is 0 Å². The quantitative estimate of drug-likeness (QED) is 0.731. The largest absolute Gasteiger partial charge is 0.395 e. The van der Waals surface area contributed by atoms with Crippen molar-refractivity contribution in [2.24, 2.45) is 5.92 Å². The molecule has 1 fully saturated rings.